The van der Waals surface area contributed by atoms with Crippen LogP contribution in [-0.2, 0) is 9.53 Å². The van der Waals surface area contributed by atoms with Crippen LogP contribution in [0.2, 0.25) is 0 Å². The van der Waals surface area contributed by atoms with Crippen LogP contribution in [0.1, 0.15) is 65.7 Å². The molecule has 0 aromatic heterocycles. The van der Waals surface area contributed by atoms with Gasteiger partial charge in [0.25, 0.3) is 0 Å². The fourth-order valence-electron chi connectivity index (χ4n) is 3.64. The average Bonchev–Trinajstić information content (AvgIpc) is 2.38. The van der Waals surface area contributed by atoms with Gasteiger partial charge in [-0.05, 0) is 49.9 Å². The Labute approximate surface area is 111 Å². The van der Waals surface area contributed by atoms with Crippen LogP contribution in [0.3, 0.4) is 0 Å². The molecule has 18 heavy (non-hydrogen) atoms. The van der Waals surface area contributed by atoms with E-state index in [1.807, 2.05) is 0 Å². The van der Waals surface area contributed by atoms with Crippen molar-refractivity contribution >= 4 is 5.97 Å². The topological polar surface area (TPSA) is 26.3 Å². The zero-order valence-electron chi connectivity index (χ0n) is 12.2. The summed E-state index contributed by atoms with van der Waals surface area (Å²) in [5.74, 6) is 2.45. The molecule has 2 fully saturated rings. The minimum atomic E-state index is 0.0600. The smallest absolute Gasteiger partial charge is 0.309 e. The third-order valence-electron chi connectivity index (χ3n) is 5.28. The molecular weight excluding hydrogens is 224 g/mol. The van der Waals surface area contributed by atoms with Crippen molar-refractivity contribution in [2.75, 3.05) is 0 Å². The van der Waals surface area contributed by atoms with Gasteiger partial charge in [-0.3, -0.25) is 4.79 Å². The maximum absolute atomic E-state index is 11.9. The molecule has 0 spiro atoms. The van der Waals surface area contributed by atoms with E-state index in [0.717, 1.165) is 31.1 Å². The molecule has 2 aliphatic rings. The predicted molar refractivity (Wildman–Crippen MR) is 73.2 cm³/mol. The molecule has 3 atom stereocenters. The van der Waals surface area contributed by atoms with E-state index in [4.69, 9.17) is 4.74 Å². The highest BCUT2D eigenvalue weighted by atomic mass is 16.5. The van der Waals surface area contributed by atoms with Crippen molar-refractivity contribution in [3.8, 4) is 0 Å². The molecule has 0 aromatic carbocycles. The van der Waals surface area contributed by atoms with Crippen molar-refractivity contribution in [2.24, 2.45) is 23.7 Å². The van der Waals surface area contributed by atoms with E-state index in [-0.39, 0.29) is 18.0 Å². The molecule has 1 heterocycles. The summed E-state index contributed by atoms with van der Waals surface area (Å²) in [4.78, 5) is 11.9. The molecule has 0 aromatic rings. The number of hydrogen-bond acceptors (Lipinski definition) is 2. The lowest BCUT2D eigenvalue weighted by Gasteiger charge is -2.37. The van der Waals surface area contributed by atoms with Gasteiger partial charge in [-0.25, -0.2) is 0 Å². The molecule has 1 aliphatic heterocycles. The monoisotopic (exact) mass is 252 g/mol. The largest absolute Gasteiger partial charge is 0.462 e. The van der Waals surface area contributed by atoms with Crippen LogP contribution in [0, 0.1) is 23.7 Å². The summed E-state index contributed by atoms with van der Waals surface area (Å²) in [6.45, 7) is 6.73. The molecule has 1 saturated heterocycles. The first-order valence-corrected chi connectivity index (χ1v) is 7.82. The van der Waals surface area contributed by atoms with Gasteiger partial charge in [0.05, 0.1) is 5.92 Å². The van der Waals surface area contributed by atoms with Gasteiger partial charge >= 0.3 is 5.97 Å². The van der Waals surface area contributed by atoms with E-state index in [1.165, 1.54) is 25.7 Å². The molecule has 0 bridgehead atoms. The number of ether oxygens (including phenoxy) is 1. The molecule has 2 rings (SSSR count). The molecule has 104 valence electrons. The van der Waals surface area contributed by atoms with Crippen molar-refractivity contribution in [1.29, 1.82) is 0 Å². The Bertz CT molecular complexity index is 279. The third kappa shape index (κ3) is 3.07. The molecule has 0 radical (unpaired) electrons. The SMILES string of the molecule is CCC1CCC(C(C)C2CCC(C)CC2)OC1=O. The number of carbonyl (C=O) groups excluding carboxylic acids is 1. The fraction of sp³-hybridized carbons (Fsp3) is 0.938. The van der Waals surface area contributed by atoms with Crippen molar-refractivity contribution in [2.45, 2.75) is 71.8 Å². The molecule has 0 N–H and O–H groups in total. The first-order valence-electron chi connectivity index (χ1n) is 7.82. The maximum Gasteiger partial charge on any atom is 0.309 e. The van der Waals surface area contributed by atoms with Crippen molar-refractivity contribution < 1.29 is 9.53 Å². The maximum atomic E-state index is 11.9. The lowest BCUT2D eigenvalue weighted by molar-refractivity contribution is -0.165. The summed E-state index contributed by atoms with van der Waals surface area (Å²) < 4.78 is 5.69. The average molecular weight is 252 g/mol. The van der Waals surface area contributed by atoms with Gasteiger partial charge in [0.1, 0.15) is 6.10 Å². The highest BCUT2D eigenvalue weighted by Gasteiger charge is 2.35. The quantitative estimate of drug-likeness (QED) is 0.704. The Morgan fingerprint density at radius 1 is 1.17 bits per heavy atom. The molecule has 2 nitrogen and oxygen atoms in total. The van der Waals surface area contributed by atoms with Crippen LogP contribution >= 0.6 is 0 Å². The van der Waals surface area contributed by atoms with Gasteiger partial charge in [0.15, 0.2) is 0 Å². The van der Waals surface area contributed by atoms with Crippen LogP contribution in [-0.4, -0.2) is 12.1 Å². The second-order valence-corrected chi connectivity index (χ2v) is 6.54. The summed E-state index contributed by atoms with van der Waals surface area (Å²) >= 11 is 0. The van der Waals surface area contributed by atoms with E-state index in [0.29, 0.717) is 5.92 Å². The Balaban J connectivity index is 1.86. The number of hydrogen-bond donors (Lipinski definition) is 0. The summed E-state index contributed by atoms with van der Waals surface area (Å²) in [7, 11) is 0. The van der Waals surface area contributed by atoms with Gasteiger partial charge < -0.3 is 4.74 Å². The second kappa shape index (κ2) is 6.08. The van der Waals surface area contributed by atoms with E-state index in [1.54, 1.807) is 0 Å². The van der Waals surface area contributed by atoms with Crippen molar-refractivity contribution in [3.63, 3.8) is 0 Å². The third-order valence-corrected chi connectivity index (χ3v) is 5.28. The number of rotatable bonds is 3. The predicted octanol–water partition coefficient (Wildman–Crippen LogP) is 4.18. The van der Waals surface area contributed by atoms with Crippen LogP contribution < -0.4 is 0 Å². The molecule has 0 amide bonds. The summed E-state index contributed by atoms with van der Waals surface area (Å²) in [5, 5.41) is 0. The first kappa shape index (κ1) is 13.9. The molecular formula is C16H28O2. The highest BCUT2D eigenvalue weighted by Crippen LogP contribution is 2.38. The lowest BCUT2D eigenvalue weighted by atomic mass is 9.74. The summed E-state index contributed by atoms with van der Waals surface area (Å²) in [6.07, 6.45) is 8.60. The minimum Gasteiger partial charge on any atom is -0.462 e. The van der Waals surface area contributed by atoms with Crippen LogP contribution in [0.5, 0.6) is 0 Å². The Hall–Kier alpha value is -0.530. The number of carbonyl (C=O) groups is 1. The number of cyclic esters (lactones) is 1. The van der Waals surface area contributed by atoms with Crippen LogP contribution in [0.15, 0.2) is 0 Å². The van der Waals surface area contributed by atoms with Gasteiger partial charge in [0.2, 0.25) is 0 Å². The summed E-state index contributed by atoms with van der Waals surface area (Å²) in [5.41, 5.74) is 0. The van der Waals surface area contributed by atoms with E-state index < -0.39 is 0 Å². The first-order chi connectivity index (χ1) is 8.61. The van der Waals surface area contributed by atoms with Gasteiger partial charge in [0, 0.05) is 0 Å². The molecule has 1 saturated carbocycles. The fourth-order valence-corrected chi connectivity index (χ4v) is 3.64. The van der Waals surface area contributed by atoms with Crippen LogP contribution in [0.4, 0.5) is 0 Å². The zero-order chi connectivity index (χ0) is 13.1. The van der Waals surface area contributed by atoms with Crippen molar-refractivity contribution in [1.82, 2.24) is 0 Å². The normalized spacial score (nSPS) is 39.2. The second-order valence-electron chi connectivity index (χ2n) is 6.54. The number of esters is 1. The zero-order valence-corrected chi connectivity index (χ0v) is 12.2. The van der Waals surface area contributed by atoms with Gasteiger partial charge in [-0.15, -0.1) is 0 Å². The Morgan fingerprint density at radius 2 is 1.83 bits per heavy atom. The Kier molecular flexibility index (Phi) is 4.69. The van der Waals surface area contributed by atoms with Crippen molar-refractivity contribution in [3.05, 3.63) is 0 Å². The molecule has 3 unspecified atom stereocenters. The highest BCUT2D eigenvalue weighted by molar-refractivity contribution is 5.73. The minimum absolute atomic E-state index is 0.0600. The molecule has 1 aliphatic carbocycles. The Morgan fingerprint density at radius 3 is 2.39 bits per heavy atom. The van der Waals surface area contributed by atoms with E-state index in [9.17, 15) is 4.79 Å². The van der Waals surface area contributed by atoms with Crippen LogP contribution in [0.25, 0.3) is 0 Å². The van der Waals surface area contributed by atoms with E-state index in [2.05, 4.69) is 20.8 Å². The standard InChI is InChI=1S/C16H28O2/c1-4-13-9-10-15(18-16(13)17)12(3)14-7-5-11(2)6-8-14/h11-15H,4-10H2,1-3H3. The lowest BCUT2D eigenvalue weighted by Crippen LogP contribution is -2.38. The summed E-state index contributed by atoms with van der Waals surface area (Å²) in [6, 6.07) is 0. The molecule has 2 heteroatoms. The van der Waals surface area contributed by atoms with Gasteiger partial charge in [-0.2, -0.15) is 0 Å². The van der Waals surface area contributed by atoms with E-state index >= 15 is 0 Å². The van der Waals surface area contributed by atoms with Gasteiger partial charge in [-0.1, -0.05) is 33.6 Å².